The highest BCUT2D eigenvalue weighted by molar-refractivity contribution is 7.18. The summed E-state index contributed by atoms with van der Waals surface area (Å²) in [5.41, 5.74) is 2.53. The molecule has 2 heterocycles. The SMILES string of the molecule is Cc1cc2c(NN)nc(CCOCC(F)F)nc2s1. The minimum Gasteiger partial charge on any atom is -0.375 e. The van der Waals surface area contributed by atoms with Gasteiger partial charge >= 0.3 is 0 Å². The number of hydrogen-bond acceptors (Lipinski definition) is 6. The maximum absolute atomic E-state index is 11.9. The van der Waals surface area contributed by atoms with Crippen molar-refractivity contribution in [2.75, 3.05) is 18.6 Å². The predicted molar refractivity (Wildman–Crippen MR) is 70.5 cm³/mol. The monoisotopic (exact) mass is 288 g/mol. The van der Waals surface area contributed by atoms with E-state index in [1.54, 1.807) is 0 Å². The summed E-state index contributed by atoms with van der Waals surface area (Å²) in [5.74, 6) is 6.49. The highest BCUT2D eigenvalue weighted by Gasteiger charge is 2.10. The van der Waals surface area contributed by atoms with Crippen molar-refractivity contribution in [1.82, 2.24) is 9.97 Å². The number of thiophene rings is 1. The molecule has 2 aromatic rings. The summed E-state index contributed by atoms with van der Waals surface area (Å²) in [5, 5.41) is 0.863. The largest absolute Gasteiger partial charge is 0.375 e. The fourth-order valence-electron chi connectivity index (χ4n) is 1.64. The highest BCUT2D eigenvalue weighted by atomic mass is 32.1. The van der Waals surface area contributed by atoms with Crippen LogP contribution in [-0.4, -0.2) is 29.6 Å². The Labute approximate surface area is 112 Å². The number of fused-ring (bicyclic) bond motifs is 1. The Hall–Kier alpha value is -1.38. The van der Waals surface area contributed by atoms with Crippen LogP contribution >= 0.6 is 11.3 Å². The van der Waals surface area contributed by atoms with Crippen molar-refractivity contribution in [2.24, 2.45) is 5.84 Å². The molecule has 0 saturated carbocycles. The zero-order valence-corrected chi connectivity index (χ0v) is 11.1. The van der Waals surface area contributed by atoms with Crippen molar-refractivity contribution in [3.63, 3.8) is 0 Å². The summed E-state index contributed by atoms with van der Waals surface area (Å²) >= 11 is 1.53. The number of nitrogen functional groups attached to an aromatic ring is 1. The Morgan fingerprint density at radius 1 is 1.47 bits per heavy atom. The van der Waals surface area contributed by atoms with Crippen LogP contribution in [0, 0.1) is 6.92 Å². The average molecular weight is 288 g/mol. The number of nitrogens with one attached hydrogen (secondary N) is 1. The molecule has 0 unspecified atom stereocenters. The van der Waals surface area contributed by atoms with Crippen molar-refractivity contribution in [3.8, 4) is 0 Å². The molecule has 0 spiro atoms. The second-order valence-electron chi connectivity index (χ2n) is 3.92. The lowest BCUT2D eigenvalue weighted by molar-refractivity contribution is 0.0183. The summed E-state index contributed by atoms with van der Waals surface area (Å²) in [6.07, 6.45) is -2.08. The maximum Gasteiger partial charge on any atom is 0.261 e. The average Bonchev–Trinajstić information content (AvgIpc) is 2.73. The van der Waals surface area contributed by atoms with Crippen LogP contribution < -0.4 is 11.3 Å². The van der Waals surface area contributed by atoms with Crippen LogP contribution in [0.1, 0.15) is 10.7 Å². The quantitative estimate of drug-likeness (QED) is 0.484. The first-order valence-electron chi connectivity index (χ1n) is 5.69. The van der Waals surface area contributed by atoms with Crippen LogP contribution in [0.4, 0.5) is 14.6 Å². The molecule has 0 aromatic carbocycles. The second kappa shape index (κ2) is 6.18. The molecule has 0 radical (unpaired) electrons. The Kier molecular flexibility index (Phi) is 4.56. The van der Waals surface area contributed by atoms with Gasteiger partial charge in [-0.05, 0) is 13.0 Å². The van der Waals surface area contributed by atoms with Crippen LogP contribution in [0.25, 0.3) is 10.2 Å². The molecule has 5 nitrogen and oxygen atoms in total. The third kappa shape index (κ3) is 3.55. The van der Waals surface area contributed by atoms with E-state index in [0.717, 1.165) is 15.1 Å². The van der Waals surface area contributed by atoms with Gasteiger partial charge in [0.15, 0.2) is 5.82 Å². The standard InChI is InChI=1S/C11H14F2N4OS/c1-6-4-7-10(17-14)15-9(16-11(7)19-6)2-3-18-5-8(12)13/h4,8H,2-3,5,14H2,1H3,(H,15,16,17). The molecule has 3 N–H and O–H groups in total. The Morgan fingerprint density at radius 3 is 2.95 bits per heavy atom. The van der Waals surface area contributed by atoms with E-state index in [1.165, 1.54) is 11.3 Å². The lowest BCUT2D eigenvalue weighted by Gasteiger charge is -2.05. The van der Waals surface area contributed by atoms with Crippen molar-refractivity contribution in [3.05, 3.63) is 16.8 Å². The number of rotatable bonds is 6. The molecule has 104 valence electrons. The zero-order chi connectivity index (χ0) is 13.8. The molecular weight excluding hydrogens is 274 g/mol. The van der Waals surface area contributed by atoms with Crippen molar-refractivity contribution in [2.45, 2.75) is 19.8 Å². The van der Waals surface area contributed by atoms with Gasteiger partial charge in [0.2, 0.25) is 0 Å². The molecule has 19 heavy (non-hydrogen) atoms. The minimum atomic E-state index is -2.45. The first-order chi connectivity index (χ1) is 9.10. The number of aromatic nitrogens is 2. The third-order valence-corrected chi connectivity index (χ3v) is 3.36. The highest BCUT2D eigenvalue weighted by Crippen LogP contribution is 2.27. The molecule has 0 aliphatic rings. The van der Waals surface area contributed by atoms with E-state index in [2.05, 4.69) is 15.4 Å². The molecule has 0 aliphatic heterocycles. The number of hydrazine groups is 1. The van der Waals surface area contributed by atoms with Crippen LogP contribution in [-0.2, 0) is 11.2 Å². The molecule has 0 bridgehead atoms. The van der Waals surface area contributed by atoms with E-state index in [-0.39, 0.29) is 6.61 Å². The molecule has 8 heteroatoms. The van der Waals surface area contributed by atoms with Crippen LogP contribution in [0.5, 0.6) is 0 Å². The number of hydrogen-bond donors (Lipinski definition) is 2. The third-order valence-electron chi connectivity index (χ3n) is 2.41. The van der Waals surface area contributed by atoms with Gasteiger partial charge in [0, 0.05) is 11.3 Å². The van der Waals surface area contributed by atoms with Crippen LogP contribution in [0.2, 0.25) is 0 Å². The van der Waals surface area contributed by atoms with Gasteiger partial charge in [0.05, 0.1) is 12.0 Å². The predicted octanol–water partition coefficient (Wildman–Crippen LogP) is 2.11. The fraction of sp³-hybridized carbons (Fsp3) is 0.455. The van der Waals surface area contributed by atoms with Crippen LogP contribution in [0.15, 0.2) is 6.07 Å². The van der Waals surface area contributed by atoms with Crippen LogP contribution in [0.3, 0.4) is 0 Å². The number of halogens is 2. The van der Waals surface area contributed by atoms with Gasteiger partial charge in [-0.3, -0.25) is 0 Å². The van der Waals surface area contributed by atoms with Gasteiger partial charge in [0.25, 0.3) is 6.43 Å². The van der Waals surface area contributed by atoms with E-state index < -0.39 is 13.0 Å². The molecular formula is C11H14F2N4OS. The van der Waals surface area contributed by atoms with E-state index >= 15 is 0 Å². The number of ether oxygens (including phenoxy) is 1. The summed E-state index contributed by atoms with van der Waals surface area (Å²) < 4.78 is 28.6. The van der Waals surface area contributed by atoms with E-state index in [1.807, 2.05) is 13.0 Å². The number of aryl methyl sites for hydroxylation is 1. The summed E-state index contributed by atoms with van der Waals surface area (Å²) in [6, 6.07) is 1.95. The second-order valence-corrected chi connectivity index (χ2v) is 5.16. The van der Waals surface area contributed by atoms with Crippen molar-refractivity contribution >= 4 is 27.4 Å². The molecule has 0 amide bonds. The van der Waals surface area contributed by atoms with Gasteiger partial charge in [-0.25, -0.2) is 24.6 Å². The number of nitrogens with two attached hydrogens (primary N) is 1. The molecule has 0 atom stereocenters. The number of alkyl halides is 2. The van der Waals surface area contributed by atoms with Crippen molar-refractivity contribution in [1.29, 1.82) is 0 Å². The number of nitrogens with zero attached hydrogens (tertiary/aromatic N) is 2. The molecule has 2 aromatic heterocycles. The smallest absolute Gasteiger partial charge is 0.261 e. The lowest BCUT2D eigenvalue weighted by atomic mass is 10.3. The minimum absolute atomic E-state index is 0.157. The van der Waals surface area contributed by atoms with Gasteiger partial charge in [0.1, 0.15) is 17.3 Å². The molecule has 2 rings (SSSR count). The summed E-state index contributed by atoms with van der Waals surface area (Å²) in [6.45, 7) is 1.56. The molecule has 0 fully saturated rings. The van der Waals surface area contributed by atoms with Gasteiger partial charge in [-0.15, -0.1) is 11.3 Å². The first-order valence-corrected chi connectivity index (χ1v) is 6.51. The zero-order valence-electron chi connectivity index (χ0n) is 10.3. The van der Waals surface area contributed by atoms with E-state index in [0.29, 0.717) is 18.1 Å². The number of anilines is 1. The molecule has 0 saturated heterocycles. The summed E-state index contributed by atoms with van der Waals surface area (Å²) in [4.78, 5) is 10.5. The van der Waals surface area contributed by atoms with E-state index in [9.17, 15) is 8.78 Å². The van der Waals surface area contributed by atoms with Gasteiger partial charge in [-0.1, -0.05) is 0 Å². The topological polar surface area (TPSA) is 73.1 Å². The normalized spacial score (nSPS) is 11.4. The fourth-order valence-corrected chi connectivity index (χ4v) is 2.54. The summed E-state index contributed by atoms with van der Waals surface area (Å²) in [7, 11) is 0. The lowest BCUT2D eigenvalue weighted by Crippen LogP contribution is -2.12. The van der Waals surface area contributed by atoms with Gasteiger partial charge in [-0.2, -0.15) is 0 Å². The Balaban J connectivity index is 2.10. The first kappa shape index (κ1) is 14.0. The van der Waals surface area contributed by atoms with Crippen molar-refractivity contribution < 1.29 is 13.5 Å². The van der Waals surface area contributed by atoms with Gasteiger partial charge < -0.3 is 10.2 Å². The molecule has 0 aliphatic carbocycles. The Bertz CT molecular complexity index is 561. The maximum atomic E-state index is 11.9. The van der Waals surface area contributed by atoms with E-state index in [4.69, 9.17) is 10.6 Å². The Morgan fingerprint density at radius 2 is 2.26 bits per heavy atom.